The SMILES string of the molecule is S=C(Nc1cccc(Cc2ccccc2)n1)Nc1ncccn1. The van der Waals surface area contributed by atoms with Crippen LogP contribution >= 0.6 is 12.2 Å². The number of nitrogens with one attached hydrogen (secondary N) is 2. The lowest BCUT2D eigenvalue weighted by molar-refractivity contribution is 1.08. The minimum absolute atomic E-state index is 0.403. The van der Waals surface area contributed by atoms with Gasteiger partial charge in [0.1, 0.15) is 5.82 Å². The van der Waals surface area contributed by atoms with Gasteiger partial charge >= 0.3 is 0 Å². The van der Waals surface area contributed by atoms with Crippen LogP contribution < -0.4 is 10.6 Å². The van der Waals surface area contributed by atoms with Crippen molar-refractivity contribution in [2.75, 3.05) is 10.6 Å². The first-order chi connectivity index (χ1) is 11.3. The summed E-state index contributed by atoms with van der Waals surface area (Å²) in [6.07, 6.45) is 4.08. The van der Waals surface area contributed by atoms with Crippen molar-refractivity contribution in [1.82, 2.24) is 15.0 Å². The first-order valence-corrected chi connectivity index (χ1v) is 7.55. The van der Waals surface area contributed by atoms with Gasteiger partial charge in [-0.05, 0) is 36.0 Å². The second kappa shape index (κ2) is 7.42. The third-order valence-electron chi connectivity index (χ3n) is 3.07. The fraction of sp³-hybridized carbons (Fsp3) is 0.0588. The molecule has 3 aromatic rings. The van der Waals surface area contributed by atoms with Crippen LogP contribution in [0.5, 0.6) is 0 Å². The molecule has 2 N–H and O–H groups in total. The maximum Gasteiger partial charge on any atom is 0.228 e. The standard InChI is InChI=1S/C17H15N5S/c23-17(22-16-18-10-5-11-19-16)21-15-9-4-8-14(20-15)12-13-6-2-1-3-7-13/h1-11H,12H2,(H2,18,19,20,21,22,23). The van der Waals surface area contributed by atoms with Crippen LogP contribution in [0.1, 0.15) is 11.3 Å². The average molecular weight is 321 g/mol. The molecule has 0 aliphatic carbocycles. The monoisotopic (exact) mass is 321 g/mol. The second-order valence-corrected chi connectivity index (χ2v) is 5.24. The molecule has 0 unspecified atom stereocenters. The molecule has 2 heterocycles. The third-order valence-corrected chi connectivity index (χ3v) is 3.27. The number of pyridine rings is 1. The van der Waals surface area contributed by atoms with Gasteiger partial charge in [0.15, 0.2) is 5.11 Å². The predicted octanol–water partition coefficient (Wildman–Crippen LogP) is 3.27. The van der Waals surface area contributed by atoms with E-state index in [2.05, 4.69) is 37.7 Å². The Morgan fingerprint density at radius 3 is 2.43 bits per heavy atom. The summed E-state index contributed by atoms with van der Waals surface area (Å²) in [6, 6.07) is 17.8. The Balaban J connectivity index is 1.64. The first-order valence-electron chi connectivity index (χ1n) is 7.14. The molecule has 3 rings (SSSR count). The zero-order valence-corrected chi connectivity index (χ0v) is 13.1. The van der Waals surface area contributed by atoms with Gasteiger partial charge in [-0.1, -0.05) is 36.4 Å². The summed E-state index contributed by atoms with van der Waals surface area (Å²) < 4.78 is 0. The molecule has 0 saturated heterocycles. The Hall–Kier alpha value is -2.86. The van der Waals surface area contributed by atoms with Crippen LogP contribution in [0.4, 0.5) is 11.8 Å². The average Bonchev–Trinajstić information content (AvgIpc) is 2.57. The summed E-state index contributed by atoms with van der Waals surface area (Å²) in [5, 5.41) is 6.37. The van der Waals surface area contributed by atoms with Gasteiger partial charge in [0, 0.05) is 24.5 Å². The van der Waals surface area contributed by atoms with E-state index in [1.54, 1.807) is 18.5 Å². The van der Waals surface area contributed by atoms with Gasteiger partial charge in [-0.2, -0.15) is 0 Å². The Labute approximate surface area is 139 Å². The van der Waals surface area contributed by atoms with E-state index in [0.29, 0.717) is 16.9 Å². The molecule has 0 bridgehead atoms. The largest absolute Gasteiger partial charge is 0.317 e. The molecule has 6 heteroatoms. The van der Waals surface area contributed by atoms with Gasteiger partial charge in [-0.25, -0.2) is 15.0 Å². The van der Waals surface area contributed by atoms with Crippen molar-refractivity contribution in [3.05, 3.63) is 78.2 Å². The lowest BCUT2D eigenvalue weighted by Crippen LogP contribution is -2.21. The van der Waals surface area contributed by atoms with Crippen molar-refractivity contribution in [1.29, 1.82) is 0 Å². The minimum atomic E-state index is 0.403. The van der Waals surface area contributed by atoms with Crippen molar-refractivity contribution in [3.8, 4) is 0 Å². The summed E-state index contributed by atoms with van der Waals surface area (Å²) in [6.45, 7) is 0. The lowest BCUT2D eigenvalue weighted by atomic mass is 10.1. The van der Waals surface area contributed by atoms with Crippen molar-refractivity contribution in [2.24, 2.45) is 0 Å². The molecule has 2 aromatic heterocycles. The highest BCUT2D eigenvalue weighted by atomic mass is 32.1. The quantitative estimate of drug-likeness (QED) is 0.719. The molecule has 1 aromatic carbocycles. The van der Waals surface area contributed by atoms with E-state index in [1.165, 1.54) is 5.56 Å². The molecule has 0 aliphatic heterocycles. The molecule has 114 valence electrons. The number of benzene rings is 1. The zero-order valence-electron chi connectivity index (χ0n) is 12.3. The molecule has 0 radical (unpaired) electrons. The predicted molar refractivity (Wildman–Crippen MR) is 95.4 cm³/mol. The highest BCUT2D eigenvalue weighted by molar-refractivity contribution is 7.80. The summed E-state index contributed by atoms with van der Waals surface area (Å²) in [7, 11) is 0. The second-order valence-electron chi connectivity index (χ2n) is 4.83. The fourth-order valence-corrected chi connectivity index (χ4v) is 2.26. The molecule has 0 amide bonds. The van der Waals surface area contributed by atoms with Crippen molar-refractivity contribution in [3.63, 3.8) is 0 Å². The minimum Gasteiger partial charge on any atom is -0.317 e. The smallest absolute Gasteiger partial charge is 0.228 e. The van der Waals surface area contributed by atoms with Crippen LogP contribution in [0.25, 0.3) is 0 Å². The summed E-state index contributed by atoms with van der Waals surface area (Å²) in [5.41, 5.74) is 2.19. The maximum absolute atomic E-state index is 5.25. The fourth-order valence-electron chi connectivity index (χ4n) is 2.07. The van der Waals surface area contributed by atoms with E-state index in [-0.39, 0.29) is 0 Å². The highest BCUT2D eigenvalue weighted by Crippen LogP contribution is 2.10. The van der Waals surface area contributed by atoms with Crippen LogP contribution in [-0.2, 0) is 6.42 Å². The Kier molecular flexibility index (Phi) is 4.85. The van der Waals surface area contributed by atoms with E-state index in [1.807, 2.05) is 36.4 Å². The van der Waals surface area contributed by atoms with Gasteiger partial charge in [0.05, 0.1) is 0 Å². The van der Waals surface area contributed by atoms with Crippen LogP contribution in [0.15, 0.2) is 67.0 Å². The Bertz CT molecular complexity index is 777. The lowest BCUT2D eigenvalue weighted by Gasteiger charge is -2.09. The van der Waals surface area contributed by atoms with Gasteiger partial charge in [0.2, 0.25) is 5.95 Å². The number of aromatic nitrogens is 3. The highest BCUT2D eigenvalue weighted by Gasteiger charge is 2.03. The molecular weight excluding hydrogens is 306 g/mol. The van der Waals surface area contributed by atoms with Gasteiger partial charge in [0.25, 0.3) is 0 Å². The molecule has 23 heavy (non-hydrogen) atoms. The number of thiocarbonyl (C=S) groups is 1. The van der Waals surface area contributed by atoms with Crippen LogP contribution in [0, 0.1) is 0 Å². The van der Waals surface area contributed by atoms with Crippen molar-refractivity contribution >= 4 is 29.1 Å². The van der Waals surface area contributed by atoms with E-state index in [9.17, 15) is 0 Å². The molecule has 0 spiro atoms. The van der Waals surface area contributed by atoms with Crippen LogP contribution in [0.2, 0.25) is 0 Å². The number of hydrogen-bond donors (Lipinski definition) is 2. The summed E-state index contributed by atoms with van der Waals surface area (Å²) in [4.78, 5) is 12.7. The normalized spacial score (nSPS) is 10.1. The molecule has 5 nitrogen and oxygen atoms in total. The van der Waals surface area contributed by atoms with Crippen molar-refractivity contribution in [2.45, 2.75) is 6.42 Å². The summed E-state index contributed by atoms with van der Waals surface area (Å²) in [5.74, 6) is 1.14. The maximum atomic E-state index is 5.25. The van der Waals surface area contributed by atoms with Gasteiger partial charge < -0.3 is 10.6 Å². The number of anilines is 2. The number of nitrogens with zero attached hydrogens (tertiary/aromatic N) is 3. The van der Waals surface area contributed by atoms with E-state index >= 15 is 0 Å². The Morgan fingerprint density at radius 2 is 1.65 bits per heavy atom. The zero-order chi connectivity index (χ0) is 15.9. The van der Waals surface area contributed by atoms with Crippen LogP contribution in [-0.4, -0.2) is 20.1 Å². The number of hydrogen-bond acceptors (Lipinski definition) is 4. The van der Waals surface area contributed by atoms with E-state index in [0.717, 1.165) is 12.1 Å². The number of rotatable bonds is 4. The summed E-state index contributed by atoms with van der Waals surface area (Å²) >= 11 is 5.25. The first kappa shape index (κ1) is 15.1. The molecule has 0 saturated carbocycles. The Morgan fingerprint density at radius 1 is 0.870 bits per heavy atom. The van der Waals surface area contributed by atoms with Crippen molar-refractivity contribution < 1.29 is 0 Å². The van der Waals surface area contributed by atoms with Gasteiger partial charge in [-0.3, -0.25) is 0 Å². The van der Waals surface area contributed by atoms with E-state index < -0.39 is 0 Å². The van der Waals surface area contributed by atoms with Crippen LogP contribution in [0.3, 0.4) is 0 Å². The third kappa shape index (κ3) is 4.55. The molecule has 0 atom stereocenters. The molecule has 0 fully saturated rings. The van der Waals surface area contributed by atoms with Gasteiger partial charge in [-0.15, -0.1) is 0 Å². The topological polar surface area (TPSA) is 62.7 Å². The molecule has 0 aliphatic rings. The van der Waals surface area contributed by atoms with E-state index in [4.69, 9.17) is 12.2 Å². The molecular formula is C17H15N5S.